The van der Waals surface area contributed by atoms with E-state index in [4.69, 9.17) is 5.73 Å². The molecule has 0 fully saturated rings. The molecule has 0 aliphatic rings. The monoisotopic (exact) mass is 304 g/mol. The number of sulfonamides is 1. The van der Waals surface area contributed by atoms with Crippen LogP contribution >= 0.6 is 0 Å². The summed E-state index contributed by atoms with van der Waals surface area (Å²) in [6.45, 7) is 0.629. The van der Waals surface area contributed by atoms with Gasteiger partial charge >= 0.3 is 0 Å². The number of rotatable bonds is 7. The second kappa shape index (κ2) is 7.24. The van der Waals surface area contributed by atoms with Crippen LogP contribution in [0.15, 0.2) is 54.6 Å². The summed E-state index contributed by atoms with van der Waals surface area (Å²) in [6, 6.07) is 16.6. The summed E-state index contributed by atoms with van der Waals surface area (Å²) >= 11 is 0. The first-order chi connectivity index (χ1) is 10.1. The van der Waals surface area contributed by atoms with Gasteiger partial charge in [0.2, 0.25) is 10.0 Å². The summed E-state index contributed by atoms with van der Waals surface area (Å²) in [5.74, 6) is -0.0269. The van der Waals surface area contributed by atoms with Gasteiger partial charge in [-0.2, -0.15) is 0 Å². The highest BCUT2D eigenvalue weighted by Crippen LogP contribution is 2.15. The Kier molecular flexibility index (Phi) is 5.36. The highest BCUT2D eigenvalue weighted by atomic mass is 32.2. The lowest BCUT2D eigenvalue weighted by Crippen LogP contribution is -2.15. The molecule has 0 radical (unpaired) electrons. The molecule has 0 spiro atoms. The normalized spacial score (nSPS) is 11.3. The van der Waals surface area contributed by atoms with E-state index in [2.05, 4.69) is 4.72 Å². The molecule has 112 valence electrons. The predicted octanol–water partition coefficient (Wildman–Crippen LogP) is 2.52. The molecule has 2 aromatic rings. The number of nitrogens with one attached hydrogen (secondary N) is 1. The van der Waals surface area contributed by atoms with E-state index in [1.165, 1.54) is 0 Å². The standard InChI is InChI=1S/C16H20N2O2S/c17-11-5-9-14-8-4-10-16(12-14)18-21(19,20)13-15-6-2-1-3-7-15/h1-4,6-8,10,12,18H,5,9,11,13,17H2. The molecule has 0 aliphatic heterocycles. The van der Waals surface area contributed by atoms with Crippen LogP contribution in [-0.2, 0) is 22.2 Å². The third-order valence-corrected chi connectivity index (χ3v) is 4.33. The molecule has 0 atom stereocenters. The lowest BCUT2D eigenvalue weighted by atomic mass is 10.1. The van der Waals surface area contributed by atoms with Gasteiger partial charge in [-0.15, -0.1) is 0 Å². The molecular weight excluding hydrogens is 284 g/mol. The van der Waals surface area contributed by atoms with Gasteiger partial charge in [0.25, 0.3) is 0 Å². The molecule has 2 aromatic carbocycles. The van der Waals surface area contributed by atoms with Gasteiger partial charge in [-0.3, -0.25) is 4.72 Å². The molecule has 21 heavy (non-hydrogen) atoms. The first kappa shape index (κ1) is 15.5. The molecule has 5 heteroatoms. The minimum Gasteiger partial charge on any atom is -0.330 e. The summed E-state index contributed by atoms with van der Waals surface area (Å²) in [5, 5.41) is 0. The largest absolute Gasteiger partial charge is 0.330 e. The van der Waals surface area contributed by atoms with Crippen molar-refractivity contribution in [3.8, 4) is 0 Å². The minimum atomic E-state index is -3.40. The van der Waals surface area contributed by atoms with Crippen molar-refractivity contribution in [3.63, 3.8) is 0 Å². The number of anilines is 1. The smallest absolute Gasteiger partial charge is 0.236 e. The third kappa shape index (κ3) is 5.21. The van der Waals surface area contributed by atoms with E-state index < -0.39 is 10.0 Å². The van der Waals surface area contributed by atoms with Crippen LogP contribution in [0, 0.1) is 0 Å². The second-order valence-electron chi connectivity index (χ2n) is 4.94. The predicted molar refractivity (Wildman–Crippen MR) is 86.5 cm³/mol. The Morgan fingerprint density at radius 1 is 0.952 bits per heavy atom. The van der Waals surface area contributed by atoms with Crippen molar-refractivity contribution >= 4 is 15.7 Å². The van der Waals surface area contributed by atoms with Crippen molar-refractivity contribution < 1.29 is 8.42 Å². The maximum absolute atomic E-state index is 12.2. The minimum absolute atomic E-state index is 0.0269. The molecule has 3 N–H and O–H groups in total. The van der Waals surface area contributed by atoms with Crippen LogP contribution in [0.5, 0.6) is 0 Å². The Balaban J connectivity index is 2.06. The number of benzene rings is 2. The lowest BCUT2D eigenvalue weighted by molar-refractivity contribution is 0.600. The van der Waals surface area contributed by atoms with Gasteiger partial charge in [-0.25, -0.2) is 8.42 Å². The molecule has 0 unspecified atom stereocenters. The van der Waals surface area contributed by atoms with Crippen molar-refractivity contribution in [2.45, 2.75) is 18.6 Å². The average Bonchev–Trinajstić information content (AvgIpc) is 2.45. The van der Waals surface area contributed by atoms with Crippen LogP contribution in [0.3, 0.4) is 0 Å². The zero-order chi connectivity index (χ0) is 15.1. The van der Waals surface area contributed by atoms with Crippen molar-refractivity contribution in [1.82, 2.24) is 0 Å². The fourth-order valence-corrected chi connectivity index (χ4v) is 3.30. The van der Waals surface area contributed by atoms with E-state index in [0.717, 1.165) is 24.0 Å². The van der Waals surface area contributed by atoms with Crippen molar-refractivity contribution in [2.75, 3.05) is 11.3 Å². The highest BCUT2D eigenvalue weighted by molar-refractivity contribution is 7.91. The van der Waals surface area contributed by atoms with E-state index in [1.807, 2.05) is 36.4 Å². The molecule has 0 saturated heterocycles. The van der Waals surface area contributed by atoms with Gasteiger partial charge in [0.15, 0.2) is 0 Å². The topological polar surface area (TPSA) is 72.2 Å². The molecule has 0 saturated carbocycles. The third-order valence-electron chi connectivity index (χ3n) is 3.07. The first-order valence-electron chi connectivity index (χ1n) is 6.92. The molecule has 2 rings (SSSR count). The van der Waals surface area contributed by atoms with Gasteiger partial charge in [0.1, 0.15) is 0 Å². The Bertz CT molecular complexity index is 670. The fraction of sp³-hybridized carbons (Fsp3) is 0.250. The Morgan fingerprint density at radius 3 is 2.38 bits per heavy atom. The zero-order valence-corrected chi connectivity index (χ0v) is 12.6. The number of hydrogen-bond acceptors (Lipinski definition) is 3. The van der Waals surface area contributed by atoms with Crippen LogP contribution in [0.4, 0.5) is 5.69 Å². The van der Waals surface area contributed by atoms with Crippen LogP contribution in [-0.4, -0.2) is 15.0 Å². The van der Waals surface area contributed by atoms with Gasteiger partial charge in [0, 0.05) is 5.69 Å². The average molecular weight is 304 g/mol. The van der Waals surface area contributed by atoms with Crippen molar-refractivity contribution in [1.29, 1.82) is 0 Å². The zero-order valence-electron chi connectivity index (χ0n) is 11.8. The first-order valence-corrected chi connectivity index (χ1v) is 8.58. The van der Waals surface area contributed by atoms with E-state index in [1.54, 1.807) is 18.2 Å². The van der Waals surface area contributed by atoms with Crippen LogP contribution in [0.25, 0.3) is 0 Å². The number of nitrogens with two attached hydrogens (primary N) is 1. The Morgan fingerprint density at radius 2 is 1.67 bits per heavy atom. The summed E-state index contributed by atoms with van der Waals surface area (Å²) in [7, 11) is -3.40. The van der Waals surface area contributed by atoms with E-state index in [9.17, 15) is 8.42 Å². The van der Waals surface area contributed by atoms with Gasteiger partial charge in [-0.1, -0.05) is 42.5 Å². The van der Waals surface area contributed by atoms with Gasteiger partial charge in [-0.05, 0) is 42.6 Å². The second-order valence-corrected chi connectivity index (χ2v) is 6.66. The Labute approximate surface area is 126 Å². The van der Waals surface area contributed by atoms with E-state index in [0.29, 0.717) is 12.2 Å². The SMILES string of the molecule is NCCCc1cccc(NS(=O)(=O)Cc2ccccc2)c1. The van der Waals surface area contributed by atoms with E-state index in [-0.39, 0.29) is 5.75 Å². The van der Waals surface area contributed by atoms with Crippen LogP contribution in [0.1, 0.15) is 17.5 Å². The van der Waals surface area contributed by atoms with Crippen LogP contribution < -0.4 is 10.5 Å². The van der Waals surface area contributed by atoms with Crippen molar-refractivity contribution in [2.24, 2.45) is 5.73 Å². The molecule has 0 amide bonds. The molecular formula is C16H20N2O2S. The molecule has 0 bridgehead atoms. The van der Waals surface area contributed by atoms with Crippen LogP contribution in [0.2, 0.25) is 0 Å². The molecule has 4 nitrogen and oxygen atoms in total. The van der Waals surface area contributed by atoms with Gasteiger partial charge in [0.05, 0.1) is 5.75 Å². The summed E-state index contributed by atoms with van der Waals surface area (Å²) in [6.07, 6.45) is 1.74. The van der Waals surface area contributed by atoms with Gasteiger partial charge < -0.3 is 5.73 Å². The van der Waals surface area contributed by atoms with Crippen molar-refractivity contribution in [3.05, 3.63) is 65.7 Å². The fourth-order valence-electron chi connectivity index (χ4n) is 2.11. The molecule has 0 aromatic heterocycles. The quantitative estimate of drug-likeness (QED) is 0.825. The van der Waals surface area contributed by atoms with E-state index >= 15 is 0 Å². The summed E-state index contributed by atoms with van der Waals surface area (Å²) in [4.78, 5) is 0. The lowest BCUT2D eigenvalue weighted by Gasteiger charge is -2.09. The maximum Gasteiger partial charge on any atom is 0.236 e. The number of aryl methyl sites for hydroxylation is 1. The summed E-state index contributed by atoms with van der Waals surface area (Å²) in [5.41, 5.74) is 7.94. The maximum atomic E-state index is 12.2. The molecule has 0 heterocycles. The number of hydrogen-bond donors (Lipinski definition) is 2. The summed E-state index contributed by atoms with van der Waals surface area (Å²) < 4.78 is 27.0. The highest BCUT2D eigenvalue weighted by Gasteiger charge is 2.11. The molecule has 0 aliphatic carbocycles. The Hall–Kier alpha value is -1.85.